The summed E-state index contributed by atoms with van der Waals surface area (Å²) < 4.78 is 0. The molecule has 2 amide bonds. The smallest absolute Gasteiger partial charge is 0.243 e. The number of hydrogen-bond acceptors (Lipinski definition) is 3. The minimum atomic E-state index is -0.868. The van der Waals surface area contributed by atoms with Crippen LogP contribution in [0.1, 0.15) is 26.7 Å². The first kappa shape index (κ1) is 15.2. The fourth-order valence-corrected chi connectivity index (χ4v) is 1.65. The first-order chi connectivity index (χ1) is 7.05. The van der Waals surface area contributed by atoms with Crippen molar-refractivity contribution >= 4 is 24.2 Å². The van der Waals surface area contributed by atoms with E-state index in [0.29, 0.717) is 25.9 Å². The summed E-state index contributed by atoms with van der Waals surface area (Å²) in [6.45, 7) is 5.09. The molecule has 6 heteroatoms. The monoisotopic (exact) mass is 249 g/mol. The Labute approximate surface area is 102 Å². The van der Waals surface area contributed by atoms with Crippen molar-refractivity contribution in [3.63, 3.8) is 0 Å². The molecule has 94 valence electrons. The Morgan fingerprint density at radius 1 is 1.38 bits per heavy atom. The third-order valence-corrected chi connectivity index (χ3v) is 3.19. The van der Waals surface area contributed by atoms with Gasteiger partial charge < -0.3 is 16.4 Å². The molecule has 0 aromatic heterocycles. The van der Waals surface area contributed by atoms with Crippen LogP contribution in [0, 0.1) is 5.92 Å². The van der Waals surface area contributed by atoms with Gasteiger partial charge in [0.2, 0.25) is 11.8 Å². The van der Waals surface area contributed by atoms with Crippen molar-refractivity contribution in [3.05, 3.63) is 0 Å². The topological polar surface area (TPSA) is 84.2 Å². The van der Waals surface area contributed by atoms with Crippen molar-refractivity contribution < 1.29 is 9.59 Å². The maximum Gasteiger partial charge on any atom is 0.243 e. The predicted octanol–water partition coefficient (Wildman–Crippen LogP) is -0.212. The molecule has 0 aliphatic carbocycles. The van der Waals surface area contributed by atoms with E-state index >= 15 is 0 Å². The Morgan fingerprint density at radius 2 is 1.88 bits per heavy atom. The molecule has 0 aromatic rings. The zero-order valence-electron chi connectivity index (χ0n) is 9.71. The van der Waals surface area contributed by atoms with Crippen LogP contribution in [0.25, 0.3) is 0 Å². The van der Waals surface area contributed by atoms with Crippen molar-refractivity contribution in [2.75, 3.05) is 13.1 Å². The molecule has 0 unspecified atom stereocenters. The maximum absolute atomic E-state index is 11.7. The minimum Gasteiger partial charge on any atom is -0.368 e. The molecule has 1 fully saturated rings. The number of carbonyl (C=O) groups is 2. The lowest BCUT2D eigenvalue weighted by molar-refractivity contribution is -0.135. The van der Waals surface area contributed by atoms with Gasteiger partial charge in [-0.25, -0.2) is 0 Å². The summed E-state index contributed by atoms with van der Waals surface area (Å²) in [7, 11) is 0. The van der Waals surface area contributed by atoms with E-state index in [1.165, 1.54) is 0 Å². The van der Waals surface area contributed by atoms with Crippen molar-refractivity contribution in [2.45, 2.75) is 32.2 Å². The van der Waals surface area contributed by atoms with E-state index in [9.17, 15) is 9.59 Å². The molecule has 0 aromatic carbocycles. The van der Waals surface area contributed by atoms with E-state index in [-0.39, 0.29) is 24.2 Å². The van der Waals surface area contributed by atoms with Gasteiger partial charge >= 0.3 is 0 Å². The van der Waals surface area contributed by atoms with Gasteiger partial charge in [-0.1, -0.05) is 13.8 Å². The quantitative estimate of drug-likeness (QED) is 0.630. The summed E-state index contributed by atoms with van der Waals surface area (Å²) in [5, 5.41) is 5.79. The number of rotatable bonds is 5. The van der Waals surface area contributed by atoms with Crippen LogP contribution in [0.4, 0.5) is 0 Å². The average Bonchev–Trinajstić information content (AvgIpc) is 2.11. The van der Waals surface area contributed by atoms with Gasteiger partial charge in [-0.05, 0) is 12.8 Å². The standard InChI is InChI=1S/C10H19N3O2.ClH/c1-3-10(4-2,9(11)15)13-8(14)7-5-12-6-7;/h7,12H,3-6H2,1-2H3,(H2,11,15)(H,13,14);1H. The number of amides is 2. The van der Waals surface area contributed by atoms with Gasteiger partial charge in [-0.15, -0.1) is 12.4 Å². The third-order valence-electron chi connectivity index (χ3n) is 3.19. The molecule has 0 spiro atoms. The van der Waals surface area contributed by atoms with E-state index in [1.54, 1.807) is 0 Å². The molecule has 1 aliphatic rings. The van der Waals surface area contributed by atoms with Crippen LogP contribution in [0.5, 0.6) is 0 Å². The summed E-state index contributed by atoms with van der Waals surface area (Å²) in [4.78, 5) is 23.0. The van der Waals surface area contributed by atoms with Crippen LogP contribution < -0.4 is 16.4 Å². The number of hydrogen-bond donors (Lipinski definition) is 3. The van der Waals surface area contributed by atoms with Gasteiger partial charge in [-0.3, -0.25) is 9.59 Å². The summed E-state index contributed by atoms with van der Waals surface area (Å²) in [5.74, 6) is -0.536. The van der Waals surface area contributed by atoms with Crippen LogP contribution in [-0.4, -0.2) is 30.4 Å². The van der Waals surface area contributed by atoms with E-state index in [4.69, 9.17) is 5.73 Å². The highest BCUT2D eigenvalue weighted by Gasteiger charge is 2.37. The van der Waals surface area contributed by atoms with Crippen LogP contribution in [-0.2, 0) is 9.59 Å². The Kier molecular flexibility index (Phi) is 5.75. The molecule has 0 radical (unpaired) electrons. The molecule has 16 heavy (non-hydrogen) atoms. The second kappa shape index (κ2) is 6.06. The van der Waals surface area contributed by atoms with Crippen LogP contribution in [0.15, 0.2) is 0 Å². The van der Waals surface area contributed by atoms with Gasteiger partial charge in [0.1, 0.15) is 5.54 Å². The lowest BCUT2D eigenvalue weighted by Gasteiger charge is -2.34. The van der Waals surface area contributed by atoms with E-state index in [0.717, 1.165) is 0 Å². The molecule has 0 atom stereocenters. The fourth-order valence-electron chi connectivity index (χ4n) is 1.65. The molecule has 1 rings (SSSR count). The van der Waals surface area contributed by atoms with Gasteiger partial charge in [0, 0.05) is 13.1 Å². The van der Waals surface area contributed by atoms with E-state index in [1.807, 2.05) is 13.8 Å². The number of halogens is 1. The minimum absolute atomic E-state index is 0. The molecule has 4 N–H and O–H groups in total. The maximum atomic E-state index is 11.7. The van der Waals surface area contributed by atoms with E-state index < -0.39 is 11.4 Å². The van der Waals surface area contributed by atoms with Gasteiger partial charge in [0.25, 0.3) is 0 Å². The molecule has 1 heterocycles. The van der Waals surface area contributed by atoms with Crippen molar-refractivity contribution in [1.82, 2.24) is 10.6 Å². The molecule has 1 saturated heterocycles. The third kappa shape index (κ3) is 2.86. The Balaban J connectivity index is 0.00000225. The number of primary amides is 1. The highest BCUT2D eigenvalue weighted by Crippen LogP contribution is 2.16. The van der Waals surface area contributed by atoms with Crippen molar-refractivity contribution in [3.8, 4) is 0 Å². The van der Waals surface area contributed by atoms with E-state index in [2.05, 4.69) is 10.6 Å². The largest absolute Gasteiger partial charge is 0.368 e. The second-order valence-corrected chi connectivity index (χ2v) is 4.00. The first-order valence-corrected chi connectivity index (χ1v) is 5.38. The molecule has 0 bridgehead atoms. The Morgan fingerprint density at radius 3 is 2.12 bits per heavy atom. The van der Waals surface area contributed by atoms with Crippen LogP contribution in [0.2, 0.25) is 0 Å². The summed E-state index contributed by atoms with van der Waals surface area (Å²) in [5.41, 5.74) is 4.46. The summed E-state index contributed by atoms with van der Waals surface area (Å²) in [6.07, 6.45) is 1.06. The summed E-state index contributed by atoms with van der Waals surface area (Å²) >= 11 is 0. The van der Waals surface area contributed by atoms with Crippen molar-refractivity contribution in [2.24, 2.45) is 11.7 Å². The average molecular weight is 250 g/mol. The van der Waals surface area contributed by atoms with Crippen molar-refractivity contribution in [1.29, 1.82) is 0 Å². The molecule has 1 aliphatic heterocycles. The molecular formula is C10H20ClN3O2. The number of nitrogens with one attached hydrogen (secondary N) is 2. The van der Waals surface area contributed by atoms with Gasteiger partial charge in [0.05, 0.1) is 5.92 Å². The normalized spacial score (nSPS) is 15.9. The molecule has 5 nitrogen and oxygen atoms in total. The molecule has 0 saturated carbocycles. The highest BCUT2D eigenvalue weighted by molar-refractivity contribution is 5.91. The fraction of sp³-hybridized carbons (Fsp3) is 0.800. The Hall–Kier alpha value is -0.810. The number of nitrogens with two attached hydrogens (primary N) is 1. The van der Waals surface area contributed by atoms with Gasteiger partial charge in [-0.2, -0.15) is 0 Å². The zero-order valence-corrected chi connectivity index (χ0v) is 10.5. The highest BCUT2D eigenvalue weighted by atomic mass is 35.5. The lowest BCUT2D eigenvalue weighted by atomic mass is 9.90. The number of carbonyl (C=O) groups excluding carboxylic acids is 2. The lowest BCUT2D eigenvalue weighted by Crippen LogP contribution is -2.61. The van der Waals surface area contributed by atoms with Crippen LogP contribution in [0.3, 0.4) is 0 Å². The second-order valence-electron chi connectivity index (χ2n) is 4.00. The Bertz CT molecular complexity index is 263. The first-order valence-electron chi connectivity index (χ1n) is 5.38. The SMILES string of the molecule is CCC(CC)(NC(=O)C1CNC1)C(N)=O.Cl. The summed E-state index contributed by atoms with van der Waals surface area (Å²) in [6, 6.07) is 0. The van der Waals surface area contributed by atoms with Gasteiger partial charge in [0.15, 0.2) is 0 Å². The predicted molar refractivity (Wildman–Crippen MR) is 64.3 cm³/mol. The van der Waals surface area contributed by atoms with Crippen LogP contribution >= 0.6 is 12.4 Å². The zero-order chi connectivity index (χ0) is 11.5. The molecular weight excluding hydrogens is 230 g/mol.